The molecule has 0 spiro atoms. The smallest absolute Gasteiger partial charge is 0.225 e. The molecule has 30 heavy (non-hydrogen) atoms. The third-order valence-electron chi connectivity index (χ3n) is 5.71. The van der Waals surface area contributed by atoms with Crippen molar-refractivity contribution in [1.82, 2.24) is 10.6 Å². The normalized spacial score (nSPS) is 19.4. The number of nitrogens with one attached hydrogen (secondary N) is 3. The fourth-order valence-electron chi connectivity index (χ4n) is 3.86. The molecule has 2 aromatic carbocycles. The van der Waals surface area contributed by atoms with Gasteiger partial charge in [0.1, 0.15) is 6.17 Å². The number of piperidine rings is 1. The summed E-state index contributed by atoms with van der Waals surface area (Å²) in [5.41, 5.74) is 4.07. The summed E-state index contributed by atoms with van der Waals surface area (Å²) >= 11 is 0. The molecule has 0 aromatic heterocycles. The Bertz CT molecular complexity index is 877. The molecule has 2 amide bonds. The van der Waals surface area contributed by atoms with Gasteiger partial charge in [0.15, 0.2) is 0 Å². The van der Waals surface area contributed by atoms with E-state index in [1.807, 2.05) is 36.4 Å². The first-order valence-electron chi connectivity index (χ1n) is 10.5. The highest BCUT2D eigenvalue weighted by Gasteiger charge is 2.27. The molecular formula is C23H27FN4O2. The number of nitrogens with zero attached hydrogens (tertiary/aromatic N) is 1. The highest BCUT2D eigenvalue weighted by Crippen LogP contribution is 2.24. The molecule has 1 unspecified atom stereocenters. The maximum Gasteiger partial charge on any atom is 0.225 e. The molecule has 2 aliphatic heterocycles. The van der Waals surface area contributed by atoms with Crippen molar-refractivity contribution in [2.45, 2.75) is 32.0 Å². The molecule has 2 saturated heterocycles. The molecule has 2 heterocycles. The minimum Gasteiger partial charge on any atom is -0.371 e. The lowest BCUT2D eigenvalue weighted by molar-refractivity contribution is -0.126. The fraction of sp³-hybridized carbons (Fsp3) is 0.391. The van der Waals surface area contributed by atoms with E-state index in [1.54, 1.807) is 0 Å². The summed E-state index contributed by atoms with van der Waals surface area (Å²) in [6.45, 7) is 2.38. The molecule has 1 atom stereocenters. The number of rotatable bonds is 6. The number of halogens is 1. The van der Waals surface area contributed by atoms with Gasteiger partial charge in [-0.1, -0.05) is 12.1 Å². The third-order valence-corrected chi connectivity index (χ3v) is 5.71. The number of benzene rings is 2. The Hall–Kier alpha value is -3.09. The Kier molecular flexibility index (Phi) is 6.16. The van der Waals surface area contributed by atoms with Gasteiger partial charge in [0.05, 0.1) is 5.92 Å². The minimum atomic E-state index is -0.664. The van der Waals surface area contributed by atoms with Gasteiger partial charge in [0.25, 0.3) is 0 Å². The Balaban J connectivity index is 1.27. The molecule has 3 N–H and O–H groups in total. The van der Waals surface area contributed by atoms with Gasteiger partial charge < -0.3 is 20.9 Å². The van der Waals surface area contributed by atoms with Crippen LogP contribution in [0.1, 0.15) is 24.8 Å². The first kappa shape index (κ1) is 20.2. The molecule has 0 radical (unpaired) electrons. The Morgan fingerprint density at radius 1 is 1.03 bits per heavy atom. The summed E-state index contributed by atoms with van der Waals surface area (Å²) in [6.07, 6.45) is 0.800. The van der Waals surface area contributed by atoms with E-state index in [4.69, 9.17) is 0 Å². The van der Waals surface area contributed by atoms with Crippen molar-refractivity contribution in [3.05, 3.63) is 54.1 Å². The van der Waals surface area contributed by atoms with Gasteiger partial charge in [-0.3, -0.25) is 9.59 Å². The quantitative estimate of drug-likeness (QED) is 0.684. The molecule has 158 valence electrons. The van der Waals surface area contributed by atoms with Gasteiger partial charge in [-0.25, -0.2) is 4.39 Å². The summed E-state index contributed by atoms with van der Waals surface area (Å²) in [5.74, 6) is -0.431. The predicted molar refractivity (Wildman–Crippen MR) is 115 cm³/mol. The van der Waals surface area contributed by atoms with Gasteiger partial charge in [0.2, 0.25) is 11.8 Å². The lowest BCUT2D eigenvalue weighted by Gasteiger charge is -2.30. The summed E-state index contributed by atoms with van der Waals surface area (Å²) in [6, 6.07) is 16.1. The average Bonchev–Trinajstić information content (AvgIpc) is 3.21. The van der Waals surface area contributed by atoms with Crippen molar-refractivity contribution in [3.63, 3.8) is 0 Å². The largest absolute Gasteiger partial charge is 0.371 e. The van der Waals surface area contributed by atoms with Crippen LogP contribution in [-0.2, 0) is 16.1 Å². The highest BCUT2D eigenvalue weighted by molar-refractivity contribution is 5.89. The zero-order valence-corrected chi connectivity index (χ0v) is 16.9. The Labute approximate surface area is 175 Å². The molecule has 0 saturated carbocycles. The van der Waals surface area contributed by atoms with Crippen LogP contribution in [0.15, 0.2) is 48.5 Å². The van der Waals surface area contributed by atoms with Crippen LogP contribution >= 0.6 is 0 Å². The van der Waals surface area contributed by atoms with Gasteiger partial charge in [0, 0.05) is 49.7 Å². The summed E-state index contributed by atoms with van der Waals surface area (Å²) in [5, 5.41) is 8.94. The van der Waals surface area contributed by atoms with Gasteiger partial charge in [-0.05, 0) is 54.8 Å². The molecule has 0 aliphatic carbocycles. The Morgan fingerprint density at radius 2 is 1.67 bits per heavy atom. The maximum absolute atomic E-state index is 13.3. The van der Waals surface area contributed by atoms with Crippen LogP contribution in [0.2, 0.25) is 0 Å². The highest BCUT2D eigenvalue weighted by atomic mass is 19.1. The molecule has 6 nitrogen and oxygen atoms in total. The van der Waals surface area contributed by atoms with Crippen LogP contribution in [-0.4, -0.2) is 37.6 Å². The van der Waals surface area contributed by atoms with E-state index >= 15 is 0 Å². The van der Waals surface area contributed by atoms with E-state index in [-0.39, 0.29) is 24.2 Å². The van der Waals surface area contributed by atoms with Crippen molar-refractivity contribution < 1.29 is 14.0 Å². The van der Waals surface area contributed by atoms with E-state index in [0.717, 1.165) is 35.7 Å². The second-order valence-corrected chi connectivity index (χ2v) is 7.95. The number of carbonyl (C=O) groups excluding carboxylic acids is 2. The molecule has 2 fully saturated rings. The zero-order chi connectivity index (χ0) is 20.9. The number of hydrogen-bond acceptors (Lipinski definition) is 4. The van der Waals surface area contributed by atoms with Gasteiger partial charge in [-0.2, -0.15) is 0 Å². The molecule has 2 aliphatic rings. The summed E-state index contributed by atoms with van der Waals surface area (Å²) in [7, 11) is 0. The van der Waals surface area contributed by atoms with Crippen molar-refractivity contribution in [2.24, 2.45) is 5.92 Å². The maximum atomic E-state index is 13.3. The van der Waals surface area contributed by atoms with Crippen molar-refractivity contribution in [1.29, 1.82) is 0 Å². The SMILES string of the molecule is O=C1CC(C(=O)NCc2ccc(Nc3ccc(N4CCC(F)CC4)cc3)cc2)CN1. The number of carbonyl (C=O) groups is 2. The van der Waals surface area contributed by atoms with E-state index in [0.29, 0.717) is 25.9 Å². The number of anilines is 3. The van der Waals surface area contributed by atoms with Crippen molar-refractivity contribution in [3.8, 4) is 0 Å². The van der Waals surface area contributed by atoms with Crippen LogP contribution in [0.3, 0.4) is 0 Å². The van der Waals surface area contributed by atoms with Crippen LogP contribution in [0.25, 0.3) is 0 Å². The van der Waals surface area contributed by atoms with Crippen LogP contribution in [0.5, 0.6) is 0 Å². The third kappa shape index (κ3) is 5.09. The van der Waals surface area contributed by atoms with E-state index in [2.05, 4.69) is 33.0 Å². The molecular weight excluding hydrogens is 383 g/mol. The van der Waals surface area contributed by atoms with Crippen LogP contribution in [0.4, 0.5) is 21.5 Å². The number of alkyl halides is 1. The van der Waals surface area contributed by atoms with Gasteiger partial charge in [-0.15, -0.1) is 0 Å². The second kappa shape index (κ2) is 9.15. The predicted octanol–water partition coefficient (Wildman–Crippen LogP) is 3.12. The molecule has 4 rings (SSSR count). The van der Waals surface area contributed by atoms with Crippen LogP contribution in [0, 0.1) is 5.92 Å². The number of hydrogen-bond donors (Lipinski definition) is 3. The monoisotopic (exact) mass is 410 g/mol. The number of amides is 2. The lowest BCUT2D eigenvalue weighted by Crippen LogP contribution is -2.34. The van der Waals surface area contributed by atoms with Crippen LogP contribution < -0.4 is 20.9 Å². The van der Waals surface area contributed by atoms with Crippen molar-refractivity contribution >= 4 is 28.9 Å². The molecule has 7 heteroatoms. The van der Waals surface area contributed by atoms with E-state index in [1.165, 1.54) is 0 Å². The minimum absolute atomic E-state index is 0.0667. The van der Waals surface area contributed by atoms with Crippen molar-refractivity contribution in [2.75, 3.05) is 29.9 Å². The fourth-order valence-corrected chi connectivity index (χ4v) is 3.86. The van der Waals surface area contributed by atoms with Gasteiger partial charge >= 0.3 is 0 Å². The average molecular weight is 410 g/mol. The second-order valence-electron chi connectivity index (χ2n) is 7.95. The Morgan fingerprint density at radius 3 is 2.27 bits per heavy atom. The summed E-state index contributed by atoms with van der Waals surface area (Å²) in [4.78, 5) is 25.5. The first-order valence-corrected chi connectivity index (χ1v) is 10.5. The molecule has 2 aromatic rings. The first-order chi connectivity index (χ1) is 14.6. The molecule has 0 bridgehead atoms. The topological polar surface area (TPSA) is 73.5 Å². The standard InChI is InChI=1S/C23H27FN4O2/c24-18-9-11-28(12-10-18)21-7-5-20(6-8-21)27-19-3-1-16(2-4-19)14-26-23(30)17-13-22(29)25-15-17/h1-8,17-18,27H,9-15H2,(H,25,29)(H,26,30). The zero-order valence-electron chi connectivity index (χ0n) is 16.9. The summed E-state index contributed by atoms with van der Waals surface area (Å²) < 4.78 is 13.3. The van der Waals surface area contributed by atoms with E-state index < -0.39 is 6.17 Å². The van der Waals surface area contributed by atoms with E-state index in [9.17, 15) is 14.0 Å². The lowest BCUT2D eigenvalue weighted by atomic mass is 10.1.